The summed E-state index contributed by atoms with van der Waals surface area (Å²) in [6.07, 6.45) is 3.61. The first-order valence-corrected chi connectivity index (χ1v) is 9.41. The summed E-state index contributed by atoms with van der Waals surface area (Å²) in [7, 11) is 0. The molecule has 0 atom stereocenters. The Morgan fingerprint density at radius 3 is 2.54 bits per heavy atom. The zero-order valence-electron chi connectivity index (χ0n) is 14.5. The average molecular weight is 375 g/mol. The molecule has 1 aliphatic carbocycles. The summed E-state index contributed by atoms with van der Waals surface area (Å²) in [6.45, 7) is 2.10. The Balaban J connectivity index is 1.60. The number of benzene rings is 1. The highest BCUT2D eigenvalue weighted by molar-refractivity contribution is 7.71. The van der Waals surface area contributed by atoms with Crippen LogP contribution in [0.3, 0.4) is 0 Å². The lowest BCUT2D eigenvalue weighted by Gasteiger charge is -2.30. The molecule has 0 unspecified atom stereocenters. The van der Waals surface area contributed by atoms with Crippen LogP contribution in [-0.2, 0) is 11.5 Å². The van der Waals surface area contributed by atoms with E-state index in [1.54, 1.807) is 16.8 Å². The third-order valence-corrected chi connectivity index (χ3v) is 5.63. The van der Waals surface area contributed by atoms with Crippen molar-refractivity contribution in [2.75, 3.05) is 13.1 Å². The van der Waals surface area contributed by atoms with E-state index in [0.717, 1.165) is 38.8 Å². The molecular formula is C18H22FN5OS. The molecule has 8 heteroatoms. The Hall–Kier alpha value is -2.06. The van der Waals surface area contributed by atoms with Crippen LogP contribution in [0.15, 0.2) is 24.3 Å². The van der Waals surface area contributed by atoms with Gasteiger partial charge in [-0.2, -0.15) is 5.10 Å². The van der Waals surface area contributed by atoms with Gasteiger partial charge < -0.3 is 5.73 Å². The molecule has 0 radical (unpaired) electrons. The molecule has 2 N–H and O–H groups in total. The predicted octanol–water partition coefficient (Wildman–Crippen LogP) is 2.71. The van der Waals surface area contributed by atoms with E-state index in [9.17, 15) is 9.18 Å². The van der Waals surface area contributed by atoms with Gasteiger partial charge in [0.1, 0.15) is 5.82 Å². The SMILES string of the molecule is NC(=O)C1CCN(Cn2nc(-c3ccccc3F)n(C3CC3)c2=S)CC1. The molecule has 2 fully saturated rings. The minimum absolute atomic E-state index is 0.0442. The van der Waals surface area contributed by atoms with Crippen molar-refractivity contribution in [3.8, 4) is 11.4 Å². The predicted molar refractivity (Wildman–Crippen MR) is 98.2 cm³/mol. The lowest BCUT2D eigenvalue weighted by molar-refractivity contribution is -0.123. The van der Waals surface area contributed by atoms with Crippen molar-refractivity contribution in [1.29, 1.82) is 0 Å². The number of amides is 1. The molecule has 0 spiro atoms. The zero-order valence-corrected chi connectivity index (χ0v) is 15.3. The van der Waals surface area contributed by atoms with Crippen molar-refractivity contribution >= 4 is 18.1 Å². The lowest BCUT2D eigenvalue weighted by atomic mass is 9.97. The largest absolute Gasteiger partial charge is 0.369 e. The van der Waals surface area contributed by atoms with Crippen molar-refractivity contribution in [3.63, 3.8) is 0 Å². The average Bonchev–Trinajstić information content (AvgIpc) is 3.41. The van der Waals surface area contributed by atoms with Gasteiger partial charge in [-0.15, -0.1) is 0 Å². The molecule has 0 bridgehead atoms. The van der Waals surface area contributed by atoms with Crippen LogP contribution in [0.25, 0.3) is 11.4 Å². The second-order valence-electron chi connectivity index (χ2n) is 7.12. The second-order valence-corrected chi connectivity index (χ2v) is 7.49. The maximum Gasteiger partial charge on any atom is 0.220 e. The summed E-state index contributed by atoms with van der Waals surface area (Å²) in [4.78, 5) is 13.5. The van der Waals surface area contributed by atoms with Crippen LogP contribution < -0.4 is 5.73 Å². The molecule has 138 valence electrons. The molecule has 1 aromatic heterocycles. The fourth-order valence-electron chi connectivity index (χ4n) is 3.55. The number of halogens is 1. The number of likely N-dealkylation sites (tertiary alicyclic amines) is 1. The van der Waals surface area contributed by atoms with Gasteiger partial charge >= 0.3 is 0 Å². The quantitative estimate of drug-likeness (QED) is 0.816. The third kappa shape index (κ3) is 3.31. The summed E-state index contributed by atoms with van der Waals surface area (Å²) in [5.41, 5.74) is 5.88. The molecular weight excluding hydrogens is 353 g/mol. The maximum absolute atomic E-state index is 14.3. The molecule has 2 aliphatic rings. The summed E-state index contributed by atoms with van der Waals surface area (Å²) in [5, 5.41) is 4.65. The molecule has 2 aromatic rings. The van der Waals surface area contributed by atoms with E-state index in [0.29, 0.717) is 28.9 Å². The van der Waals surface area contributed by atoms with E-state index >= 15 is 0 Å². The minimum atomic E-state index is -0.288. The van der Waals surface area contributed by atoms with Crippen LogP contribution in [-0.4, -0.2) is 38.2 Å². The number of hydrogen-bond donors (Lipinski definition) is 1. The van der Waals surface area contributed by atoms with Crippen molar-refractivity contribution in [3.05, 3.63) is 34.9 Å². The second kappa shape index (κ2) is 6.92. The highest BCUT2D eigenvalue weighted by atomic mass is 32.1. The molecule has 1 amide bonds. The molecule has 1 saturated heterocycles. The van der Waals surface area contributed by atoms with E-state index in [4.69, 9.17) is 18.0 Å². The van der Waals surface area contributed by atoms with Gasteiger partial charge in [0.05, 0.1) is 12.2 Å². The van der Waals surface area contributed by atoms with Crippen LogP contribution in [0.5, 0.6) is 0 Å². The fraction of sp³-hybridized carbons (Fsp3) is 0.500. The maximum atomic E-state index is 14.3. The van der Waals surface area contributed by atoms with Gasteiger partial charge in [-0.25, -0.2) is 9.07 Å². The normalized spacial score (nSPS) is 19.0. The van der Waals surface area contributed by atoms with Crippen molar-refractivity contribution in [2.45, 2.75) is 38.4 Å². The Bertz CT molecular complexity index is 880. The highest BCUT2D eigenvalue weighted by Gasteiger charge is 2.30. The smallest absolute Gasteiger partial charge is 0.220 e. The van der Waals surface area contributed by atoms with Crippen molar-refractivity contribution in [1.82, 2.24) is 19.2 Å². The van der Waals surface area contributed by atoms with Crippen LogP contribution in [0.2, 0.25) is 0 Å². The van der Waals surface area contributed by atoms with Crippen LogP contribution in [0.1, 0.15) is 31.7 Å². The van der Waals surface area contributed by atoms with E-state index < -0.39 is 0 Å². The Morgan fingerprint density at radius 1 is 1.23 bits per heavy atom. The molecule has 26 heavy (non-hydrogen) atoms. The topological polar surface area (TPSA) is 69.1 Å². The molecule has 1 aromatic carbocycles. The first-order valence-electron chi connectivity index (χ1n) is 9.00. The van der Waals surface area contributed by atoms with Crippen LogP contribution in [0.4, 0.5) is 4.39 Å². The highest BCUT2D eigenvalue weighted by Crippen LogP contribution is 2.39. The minimum Gasteiger partial charge on any atom is -0.369 e. The van der Waals surface area contributed by atoms with E-state index in [1.807, 2.05) is 10.6 Å². The number of nitrogens with zero attached hydrogens (tertiary/aromatic N) is 4. The number of carbonyl (C=O) groups excluding carboxylic acids is 1. The lowest BCUT2D eigenvalue weighted by Crippen LogP contribution is -2.39. The Labute approximate surface area is 156 Å². The van der Waals surface area contributed by atoms with Gasteiger partial charge in [-0.05, 0) is 50.0 Å². The number of nitrogens with two attached hydrogens (primary N) is 1. The van der Waals surface area contributed by atoms with Crippen molar-refractivity contribution in [2.24, 2.45) is 11.7 Å². The van der Waals surface area contributed by atoms with Gasteiger partial charge in [0.25, 0.3) is 0 Å². The molecule has 2 heterocycles. The number of rotatable bonds is 5. The van der Waals surface area contributed by atoms with Crippen molar-refractivity contribution < 1.29 is 9.18 Å². The molecule has 6 nitrogen and oxygen atoms in total. The van der Waals surface area contributed by atoms with Crippen LogP contribution in [0, 0.1) is 16.5 Å². The monoisotopic (exact) mass is 375 g/mol. The third-order valence-electron chi connectivity index (χ3n) is 5.22. The Morgan fingerprint density at radius 2 is 1.92 bits per heavy atom. The number of primary amides is 1. The number of piperidine rings is 1. The number of aromatic nitrogens is 3. The van der Waals surface area contributed by atoms with Gasteiger partial charge in [-0.3, -0.25) is 14.3 Å². The van der Waals surface area contributed by atoms with Gasteiger partial charge in [0, 0.05) is 25.0 Å². The van der Waals surface area contributed by atoms with Gasteiger partial charge in [0.2, 0.25) is 5.91 Å². The van der Waals surface area contributed by atoms with Gasteiger partial charge in [0.15, 0.2) is 10.6 Å². The number of hydrogen-bond acceptors (Lipinski definition) is 4. The molecule has 4 rings (SSSR count). The Kier molecular flexibility index (Phi) is 4.62. The first-order chi connectivity index (χ1) is 12.5. The summed E-state index contributed by atoms with van der Waals surface area (Å²) in [5.74, 6) is 0.0461. The molecule has 1 aliphatic heterocycles. The number of carbonyl (C=O) groups is 1. The summed E-state index contributed by atoms with van der Waals surface area (Å²) in [6, 6.07) is 6.99. The summed E-state index contributed by atoms with van der Waals surface area (Å²) >= 11 is 5.65. The van der Waals surface area contributed by atoms with E-state index in [-0.39, 0.29) is 17.6 Å². The zero-order chi connectivity index (χ0) is 18.3. The van der Waals surface area contributed by atoms with E-state index in [2.05, 4.69) is 10.00 Å². The molecule has 1 saturated carbocycles. The first kappa shape index (κ1) is 17.4. The van der Waals surface area contributed by atoms with Gasteiger partial charge in [-0.1, -0.05) is 12.1 Å². The summed E-state index contributed by atoms with van der Waals surface area (Å²) < 4.78 is 18.7. The van der Waals surface area contributed by atoms with E-state index in [1.165, 1.54) is 6.07 Å². The van der Waals surface area contributed by atoms with Crippen LogP contribution >= 0.6 is 12.2 Å². The fourth-order valence-corrected chi connectivity index (χ4v) is 3.88. The standard InChI is InChI=1S/C18H22FN5OS/c19-15-4-2-1-3-14(15)17-21-23(18(26)24(17)13-5-6-13)11-22-9-7-12(8-10-22)16(20)25/h1-4,12-13H,5-11H2,(H2,20,25).